The molecule has 3 nitrogen and oxygen atoms in total. The summed E-state index contributed by atoms with van der Waals surface area (Å²) in [7, 11) is -2.21. The van der Waals surface area contributed by atoms with E-state index in [4.69, 9.17) is 11.6 Å². The van der Waals surface area contributed by atoms with Crippen molar-refractivity contribution < 1.29 is 12.8 Å². The molecule has 0 atom stereocenters. The molecule has 0 amide bonds. The molecule has 0 aromatic heterocycles. The van der Waals surface area contributed by atoms with E-state index >= 15 is 0 Å². The molecule has 0 saturated heterocycles. The third kappa shape index (κ3) is 2.36. The van der Waals surface area contributed by atoms with E-state index in [9.17, 15) is 12.8 Å². The van der Waals surface area contributed by atoms with Crippen LogP contribution in [0.1, 0.15) is 0 Å². The number of nitrogens with zero attached hydrogens (tertiary/aromatic N) is 1. The van der Waals surface area contributed by atoms with E-state index in [0.29, 0.717) is 0 Å². The van der Waals surface area contributed by atoms with Gasteiger partial charge in [0.25, 0.3) is 0 Å². The largest absolute Gasteiger partial charge is 0.272 e. The fourth-order valence-electron chi connectivity index (χ4n) is 0.906. The van der Waals surface area contributed by atoms with Gasteiger partial charge in [0.15, 0.2) is 0 Å². The predicted octanol–water partition coefficient (Wildman–Crippen LogP) is 1.79. The average Bonchev–Trinajstić information content (AvgIpc) is 2.16. The van der Waals surface area contributed by atoms with Crippen LogP contribution in [0.3, 0.4) is 0 Å². The van der Waals surface area contributed by atoms with Crippen LogP contribution in [0.15, 0.2) is 24.3 Å². The maximum atomic E-state index is 12.8. The van der Waals surface area contributed by atoms with E-state index in [2.05, 4.69) is 0 Å². The topological polar surface area (TPSA) is 37.4 Å². The van der Waals surface area contributed by atoms with Gasteiger partial charge in [0, 0.05) is 7.05 Å². The van der Waals surface area contributed by atoms with E-state index in [1.807, 2.05) is 0 Å². The highest BCUT2D eigenvalue weighted by atomic mass is 35.5. The third-order valence-electron chi connectivity index (χ3n) is 1.73. The smallest absolute Gasteiger partial charge is 0.248 e. The normalized spacial score (nSPS) is 11.4. The Labute approximate surface area is 87.2 Å². The van der Waals surface area contributed by atoms with Crippen molar-refractivity contribution in [1.29, 1.82) is 0 Å². The van der Waals surface area contributed by atoms with E-state index in [1.165, 1.54) is 25.2 Å². The minimum absolute atomic E-state index is 0.255. The van der Waals surface area contributed by atoms with Crippen LogP contribution in [-0.2, 0) is 10.0 Å². The first-order valence-electron chi connectivity index (χ1n) is 3.75. The number of benzene rings is 1. The number of hydrogen-bond donors (Lipinski definition) is 0. The van der Waals surface area contributed by atoms with Crippen molar-refractivity contribution in [3.05, 3.63) is 30.1 Å². The monoisotopic (exact) mass is 237 g/mol. The van der Waals surface area contributed by atoms with Crippen molar-refractivity contribution >= 4 is 27.3 Å². The van der Waals surface area contributed by atoms with E-state index in [1.54, 1.807) is 0 Å². The summed E-state index contributed by atoms with van der Waals surface area (Å²) in [5, 5.41) is -0.528. The van der Waals surface area contributed by atoms with Crippen molar-refractivity contribution in [2.75, 3.05) is 16.6 Å². The number of sulfonamides is 1. The Morgan fingerprint density at radius 2 is 2.14 bits per heavy atom. The van der Waals surface area contributed by atoms with E-state index in [0.717, 1.165) is 10.4 Å². The average molecular weight is 238 g/mol. The highest BCUT2D eigenvalue weighted by Crippen LogP contribution is 2.17. The van der Waals surface area contributed by atoms with Gasteiger partial charge in [-0.05, 0) is 18.2 Å². The molecular formula is C8H9ClFNO2S. The molecule has 0 spiro atoms. The van der Waals surface area contributed by atoms with Crippen molar-refractivity contribution in [3.63, 3.8) is 0 Å². The van der Waals surface area contributed by atoms with Crippen molar-refractivity contribution in [3.8, 4) is 0 Å². The van der Waals surface area contributed by atoms with Crippen LogP contribution >= 0.6 is 11.6 Å². The molecule has 0 aliphatic heterocycles. The summed E-state index contributed by atoms with van der Waals surface area (Å²) < 4.78 is 36.3. The molecular weight excluding hydrogens is 229 g/mol. The minimum atomic E-state index is -3.54. The van der Waals surface area contributed by atoms with Crippen molar-refractivity contribution in [1.82, 2.24) is 0 Å². The molecule has 78 valence electrons. The SMILES string of the molecule is CN(c1cccc(F)c1)S(=O)(=O)CCl. The quantitative estimate of drug-likeness (QED) is 0.752. The highest BCUT2D eigenvalue weighted by Gasteiger charge is 2.16. The Morgan fingerprint density at radius 3 is 2.64 bits per heavy atom. The van der Waals surface area contributed by atoms with Gasteiger partial charge in [-0.2, -0.15) is 0 Å². The summed E-state index contributed by atoms with van der Waals surface area (Å²) in [6, 6.07) is 5.30. The van der Waals surface area contributed by atoms with Crippen LogP contribution < -0.4 is 4.31 Å². The number of anilines is 1. The molecule has 0 saturated carbocycles. The first kappa shape index (κ1) is 11.3. The summed E-state index contributed by atoms with van der Waals surface area (Å²) in [5.74, 6) is -0.487. The van der Waals surface area contributed by atoms with Crippen LogP contribution in [0.25, 0.3) is 0 Å². The molecule has 1 aromatic carbocycles. The number of halogens is 2. The Kier molecular flexibility index (Phi) is 3.34. The number of alkyl halides is 1. The Hall–Kier alpha value is -0.810. The van der Waals surface area contributed by atoms with Crippen LogP contribution in [0, 0.1) is 5.82 Å². The molecule has 0 aliphatic carbocycles. The molecule has 0 fully saturated rings. The molecule has 1 aromatic rings. The first-order chi connectivity index (χ1) is 6.47. The fraction of sp³-hybridized carbons (Fsp3) is 0.250. The fourth-order valence-corrected chi connectivity index (χ4v) is 1.93. The van der Waals surface area contributed by atoms with Gasteiger partial charge in [0.1, 0.15) is 11.0 Å². The van der Waals surface area contributed by atoms with Gasteiger partial charge in [-0.3, -0.25) is 4.31 Å². The maximum Gasteiger partial charge on any atom is 0.248 e. The lowest BCUT2D eigenvalue weighted by atomic mass is 10.3. The zero-order valence-corrected chi connectivity index (χ0v) is 9.02. The molecule has 0 N–H and O–H groups in total. The molecule has 0 radical (unpaired) electrons. The van der Waals surface area contributed by atoms with Crippen molar-refractivity contribution in [2.24, 2.45) is 0 Å². The summed E-state index contributed by atoms with van der Waals surface area (Å²) >= 11 is 5.25. The lowest BCUT2D eigenvalue weighted by molar-refractivity contribution is 0.598. The lowest BCUT2D eigenvalue weighted by Gasteiger charge is -2.17. The standard InChI is InChI=1S/C8H9ClFNO2S/c1-11(14(12,13)6-9)8-4-2-3-7(10)5-8/h2-5H,6H2,1H3. The van der Waals surface area contributed by atoms with Gasteiger partial charge < -0.3 is 0 Å². The van der Waals surface area contributed by atoms with Gasteiger partial charge >= 0.3 is 0 Å². The van der Waals surface area contributed by atoms with Gasteiger partial charge in [-0.1, -0.05) is 6.07 Å². The van der Waals surface area contributed by atoms with Gasteiger partial charge in [-0.25, -0.2) is 12.8 Å². The van der Waals surface area contributed by atoms with Crippen LogP contribution in [-0.4, -0.2) is 20.7 Å². The van der Waals surface area contributed by atoms with E-state index < -0.39 is 21.1 Å². The van der Waals surface area contributed by atoms with Gasteiger partial charge in [0.05, 0.1) is 5.69 Å². The molecule has 0 aliphatic rings. The second-order valence-electron chi connectivity index (χ2n) is 2.67. The molecule has 0 heterocycles. The molecule has 0 bridgehead atoms. The van der Waals surface area contributed by atoms with Crippen LogP contribution in [0.5, 0.6) is 0 Å². The lowest BCUT2D eigenvalue weighted by Crippen LogP contribution is -2.27. The predicted molar refractivity (Wildman–Crippen MR) is 54.4 cm³/mol. The van der Waals surface area contributed by atoms with Crippen molar-refractivity contribution in [2.45, 2.75) is 0 Å². The Morgan fingerprint density at radius 1 is 1.50 bits per heavy atom. The third-order valence-corrected chi connectivity index (χ3v) is 3.88. The molecule has 1 rings (SSSR count). The molecule has 14 heavy (non-hydrogen) atoms. The second kappa shape index (κ2) is 4.14. The second-order valence-corrected chi connectivity index (χ2v) is 5.25. The first-order valence-corrected chi connectivity index (χ1v) is 5.90. The number of rotatable bonds is 3. The molecule has 6 heteroatoms. The van der Waals surface area contributed by atoms with Crippen LogP contribution in [0.2, 0.25) is 0 Å². The van der Waals surface area contributed by atoms with E-state index in [-0.39, 0.29) is 5.69 Å². The zero-order chi connectivity index (χ0) is 10.8. The highest BCUT2D eigenvalue weighted by molar-refractivity contribution is 7.93. The maximum absolute atomic E-state index is 12.8. The van der Waals surface area contributed by atoms with Crippen LogP contribution in [0.4, 0.5) is 10.1 Å². The molecule has 0 unspecified atom stereocenters. The summed E-state index contributed by atoms with van der Waals surface area (Å²) in [5.41, 5.74) is 0.255. The Bertz CT molecular complexity index is 421. The Balaban J connectivity index is 3.07. The minimum Gasteiger partial charge on any atom is -0.272 e. The zero-order valence-electron chi connectivity index (χ0n) is 7.44. The number of hydrogen-bond acceptors (Lipinski definition) is 2. The van der Waals surface area contributed by atoms with Gasteiger partial charge in [-0.15, -0.1) is 11.6 Å². The van der Waals surface area contributed by atoms with Gasteiger partial charge in [0.2, 0.25) is 10.0 Å². The summed E-state index contributed by atoms with van der Waals surface area (Å²) in [6.07, 6.45) is 0. The summed E-state index contributed by atoms with van der Waals surface area (Å²) in [6.45, 7) is 0. The summed E-state index contributed by atoms with van der Waals surface area (Å²) in [4.78, 5) is 0.